The van der Waals surface area contributed by atoms with Gasteiger partial charge in [0.2, 0.25) is 29.5 Å². The van der Waals surface area contributed by atoms with Crippen LogP contribution in [-0.2, 0) is 69.0 Å². The van der Waals surface area contributed by atoms with Crippen LogP contribution in [-0.4, -0.2) is 163 Å². The molecular weight excluding hydrogens is 1740 g/mol. The van der Waals surface area contributed by atoms with Crippen molar-refractivity contribution in [2.45, 2.75) is 172 Å². The quantitative estimate of drug-likeness (QED) is 0.0293. The summed E-state index contributed by atoms with van der Waals surface area (Å²) >= 11 is 0. The second kappa shape index (κ2) is 44.6. The van der Waals surface area contributed by atoms with Crippen molar-refractivity contribution in [2.75, 3.05) is 45.8 Å². The van der Waals surface area contributed by atoms with Gasteiger partial charge in [0.1, 0.15) is 23.3 Å². The van der Waals surface area contributed by atoms with E-state index in [2.05, 4.69) is 63.8 Å². The highest BCUT2D eigenvalue weighted by molar-refractivity contribution is 6.01. The van der Waals surface area contributed by atoms with Crippen LogP contribution in [0.25, 0.3) is 0 Å². The largest absolute Gasteiger partial charge is 0.507 e. The van der Waals surface area contributed by atoms with Crippen LogP contribution in [0.1, 0.15) is 186 Å². The Morgan fingerprint density at radius 1 is 0.363 bits per heavy atom. The van der Waals surface area contributed by atoms with E-state index in [0.717, 1.165) is 78.9 Å². The number of benzene rings is 10. The van der Waals surface area contributed by atoms with Gasteiger partial charge in [-0.2, -0.15) is 26.3 Å². The first-order chi connectivity index (χ1) is 63.8. The number of hydrogen-bond acceptors (Lipinski definition) is 13. The van der Waals surface area contributed by atoms with Crippen LogP contribution in [0.4, 0.5) is 26.3 Å². The third-order valence-corrected chi connectivity index (χ3v) is 24.5. The number of carbonyl (C=O) groups excluding carboxylic acids is 10. The third-order valence-electron chi connectivity index (χ3n) is 24.5. The molecule has 0 radical (unpaired) electrons. The van der Waals surface area contributed by atoms with Crippen molar-refractivity contribution in [3.63, 3.8) is 0 Å². The van der Waals surface area contributed by atoms with Gasteiger partial charge in [-0.15, -0.1) is 0 Å². The van der Waals surface area contributed by atoms with Crippen molar-refractivity contribution >= 4 is 59.1 Å². The highest BCUT2D eigenvalue weighted by Crippen LogP contribution is 2.38. The van der Waals surface area contributed by atoms with Crippen LogP contribution in [0.2, 0.25) is 0 Å². The average Bonchev–Trinajstić information content (AvgIpc) is 1.63. The summed E-state index contributed by atoms with van der Waals surface area (Å²) in [4.78, 5) is 133. The molecule has 0 aliphatic carbocycles. The molecular formula is C106H116F6N10O13. The normalized spacial score (nSPS) is 17.3. The van der Waals surface area contributed by atoms with Crippen LogP contribution in [0.3, 0.4) is 0 Å². The van der Waals surface area contributed by atoms with Gasteiger partial charge < -0.3 is 66.4 Å². The van der Waals surface area contributed by atoms with Gasteiger partial charge in [-0.05, 0) is 189 Å². The lowest BCUT2D eigenvalue weighted by Gasteiger charge is -2.24. The summed E-state index contributed by atoms with van der Waals surface area (Å²) in [6.07, 6.45) is -7.69. The Labute approximate surface area is 782 Å². The minimum absolute atomic E-state index is 0.00616. The fourth-order valence-electron chi connectivity index (χ4n) is 17.0. The van der Waals surface area contributed by atoms with Gasteiger partial charge in [-0.25, -0.2) is 0 Å². The van der Waals surface area contributed by atoms with Gasteiger partial charge in [0, 0.05) is 121 Å². The van der Waals surface area contributed by atoms with E-state index in [9.17, 15) is 89.6 Å². The Morgan fingerprint density at radius 2 is 0.711 bits per heavy atom. The summed E-state index contributed by atoms with van der Waals surface area (Å²) < 4.78 is 79.0. The Morgan fingerprint density at radius 3 is 1.13 bits per heavy atom. The van der Waals surface area contributed by atoms with Gasteiger partial charge >= 0.3 is 12.4 Å². The molecule has 8 N–H and O–H groups in total. The van der Waals surface area contributed by atoms with Crippen LogP contribution in [0.15, 0.2) is 212 Å². The number of aromatic hydroxyl groups is 3. The number of likely N-dealkylation sites (tertiary alicyclic amines) is 5. The van der Waals surface area contributed by atoms with Gasteiger partial charge in [0.25, 0.3) is 29.5 Å². The fourth-order valence-corrected chi connectivity index (χ4v) is 17.0. The zero-order valence-electron chi connectivity index (χ0n) is 77.8. The summed E-state index contributed by atoms with van der Waals surface area (Å²) in [5.74, 6) is -2.30. The number of halogens is 6. The Hall–Kier alpha value is -14.1. The molecule has 0 saturated carbocycles. The lowest BCUT2D eigenvalue weighted by Crippen LogP contribution is -2.45. The number of alkyl halides is 6. The molecule has 5 saturated heterocycles. The molecule has 710 valence electrons. The molecule has 0 bridgehead atoms. The summed E-state index contributed by atoms with van der Waals surface area (Å²) in [5.41, 5.74) is 12.9. The Bertz CT molecular complexity index is 6060. The number of phenols is 3. The topological polar surface area (TPSA) is 308 Å². The van der Waals surface area contributed by atoms with E-state index in [-0.39, 0.29) is 155 Å². The van der Waals surface area contributed by atoms with E-state index in [1.54, 1.807) is 47.1 Å². The second-order valence-corrected chi connectivity index (χ2v) is 36.2. The van der Waals surface area contributed by atoms with E-state index in [4.69, 9.17) is 0 Å². The zero-order valence-corrected chi connectivity index (χ0v) is 77.8. The summed E-state index contributed by atoms with van der Waals surface area (Å²) in [7, 11) is 0. The summed E-state index contributed by atoms with van der Waals surface area (Å²) in [6, 6.07) is 59.2. The number of carbonyl (C=O) groups is 10. The van der Waals surface area contributed by atoms with Crippen molar-refractivity contribution in [3.05, 3.63) is 335 Å². The smallest absolute Gasteiger partial charge is 0.416 e. The monoisotopic (exact) mass is 1850 g/mol. The molecule has 5 unspecified atom stereocenters. The molecule has 0 aromatic heterocycles. The molecule has 15 rings (SSSR count). The maximum absolute atomic E-state index is 13.2. The molecule has 0 spiro atoms. The summed E-state index contributed by atoms with van der Waals surface area (Å²) in [6.45, 7) is 27.4. The van der Waals surface area contributed by atoms with Crippen molar-refractivity contribution in [2.24, 2.45) is 17.3 Å². The number of phenolic OH excluding ortho intramolecular Hbond substituents is 3. The Balaban J connectivity index is 0.000000162. The van der Waals surface area contributed by atoms with E-state index in [1.807, 2.05) is 153 Å². The molecule has 5 aliphatic heterocycles. The van der Waals surface area contributed by atoms with Crippen LogP contribution < -0.4 is 26.6 Å². The fraction of sp³-hybridized carbons (Fsp3) is 0.340. The van der Waals surface area contributed by atoms with Crippen molar-refractivity contribution in [1.29, 1.82) is 0 Å². The molecule has 10 aromatic carbocycles. The number of nitrogens with zero attached hydrogens (tertiary/aromatic N) is 5. The molecule has 23 nitrogen and oxygen atoms in total. The average molecular weight is 1850 g/mol. The number of nitrogens with one attached hydrogen (secondary N) is 5. The van der Waals surface area contributed by atoms with Crippen LogP contribution >= 0.6 is 0 Å². The highest BCUT2D eigenvalue weighted by Gasteiger charge is 2.48. The predicted molar refractivity (Wildman–Crippen MR) is 502 cm³/mol. The van der Waals surface area contributed by atoms with Gasteiger partial charge in [0.15, 0.2) is 0 Å². The second-order valence-electron chi connectivity index (χ2n) is 36.2. The maximum Gasteiger partial charge on any atom is 0.416 e. The lowest BCUT2D eigenvalue weighted by atomic mass is 9.87. The van der Waals surface area contributed by atoms with Crippen molar-refractivity contribution in [3.8, 4) is 17.2 Å². The highest BCUT2D eigenvalue weighted by atomic mass is 19.4. The Kier molecular flexibility index (Phi) is 33.5. The standard InChI is InChI=1S/C22H23F3N2O2.C22H26N2O3.C22H26N2O2.C20H19F3N2O3.C20H22N2O3/c1-14-7-8-15(2)18(9-14)21(29)26-11-16-10-20(28)27(12-16)13-17-5-3-4-6-19(17)22(23,24)25;1-14-6-5-7-16(10-14)12-24-13-19(22(3,4)21(24)27)23-20(26)17-11-15(2)8-9-18(17)25;1-15-5-4-6-18(9-15)13-24-14-19(11-21(24)25)12-23-22(26)20-10-16(2)7-8-17(20)3;1-12-6-7-17(26)14(10-12)18(27)24-16-8-9-25(19(16)28)11-13-4-2-3-5-15(13)20(21,22)23;1-13-4-3-5-15(8-13)11-22-12-16(10-19(22)24)21-20(25)17-9-14(2)6-7-18(17)23/h3-9,16H,10-13H2,1-2H3,(H,26,29);5-11,19,25H,12-13H2,1-4H3,(H,23,26);4-10,19H,11-14H2,1-3H3,(H,23,26);2-7,10,16,26H,8-9,11H2,1H3,(H,24,27);3-9,16,23H,10-12H2,1-2H3,(H,21,25). The molecule has 10 aromatic rings. The molecule has 29 heteroatoms. The van der Waals surface area contributed by atoms with Gasteiger partial charge in [-0.3, -0.25) is 47.9 Å². The number of aryl methyl sites for hydroxylation is 10. The van der Waals surface area contributed by atoms with Crippen molar-refractivity contribution < 1.29 is 89.6 Å². The minimum atomic E-state index is -4.50. The molecule has 5 fully saturated rings. The number of amides is 10. The number of rotatable bonds is 22. The SMILES string of the molecule is Cc1ccc(C)c(C(=O)NCC2CC(=O)N(Cc3ccccc3C(F)(F)F)C2)c1.Cc1ccc(O)c(C(=O)NC2CCN(Cc3ccccc3C(F)(F)F)C2=O)c1.Cc1cccc(CN2CC(CNC(=O)c3cc(C)ccc3C)CC2=O)c1.Cc1cccc(CN2CC(NC(=O)c3cc(C)ccc3O)C(C)(C)C2=O)c1.Cc1cccc(CN2CC(NC(=O)c3cc(C)ccc3O)CC2=O)c1. The molecule has 5 atom stereocenters. The van der Waals surface area contributed by atoms with Crippen LogP contribution in [0, 0.1) is 86.5 Å². The van der Waals surface area contributed by atoms with E-state index in [1.165, 1.54) is 76.0 Å². The van der Waals surface area contributed by atoms with Gasteiger partial charge in [-0.1, -0.05) is 196 Å². The predicted octanol–water partition coefficient (Wildman–Crippen LogP) is 16.5. The maximum atomic E-state index is 13.2. The first-order valence-corrected chi connectivity index (χ1v) is 44.7. The number of hydrogen-bond donors (Lipinski definition) is 8. The molecule has 5 heterocycles. The van der Waals surface area contributed by atoms with Crippen molar-refractivity contribution in [1.82, 2.24) is 51.1 Å². The molecule has 5 aliphatic rings. The minimum Gasteiger partial charge on any atom is -0.507 e. The van der Waals surface area contributed by atoms with E-state index >= 15 is 0 Å². The first-order valence-electron chi connectivity index (χ1n) is 44.7. The van der Waals surface area contributed by atoms with E-state index < -0.39 is 46.8 Å². The zero-order chi connectivity index (χ0) is 98.1. The molecule has 135 heavy (non-hydrogen) atoms. The van der Waals surface area contributed by atoms with Crippen LogP contribution in [0.5, 0.6) is 17.2 Å². The third kappa shape index (κ3) is 27.6. The first kappa shape index (κ1) is 101. The van der Waals surface area contributed by atoms with Gasteiger partial charge in [0.05, 0.1) is 45.3 Å². The molecule has 10 amide bonds. The summed E-state index contributed by atoms with van der Waals surface area (Å²) in [5, 5.41) is 43.9. The van der Waals surface area contributed by atoms with E-state index in [0.29, 0.717) is 76.5 Å². The lowest BCUT2D eigenvalue weighted by molar-refractivity contribution is -0.139.